The molecule has 0 radical (unpaired) electrons. The normalized spacial score (nSPS) is 19.9. The van der Waals surface area contributed by atoms with E-state index < -0.39 is 0 Å². The highest BCUT2D eigenvalue weighted by Crippen LogP contribution is 2.41. The molecule has 0 aliphatic carbocycles. The average Bonchev–Trinajstić information content (AvgIpc) is 2.85. The molecule has 3 aliphatic heterocycles. The second kappa shape index (κ2) is 8.47. The summed E-state index contributed by atoms with van der Waals surface area (Å²) in [5, 5.41) is 3.43. The molecule has 2 aromatic carbocycles. The number of pyridine rings is 1. The molecule has 2 fully saturated rings. The van der Waals surface area contributed by atoms with Crippen LogP contribution >= 0.6 is 0 Å². The number of hydrogen-bond acceptors (Lipinski definition) is 5. The number of rotatable bonds is 4. The molecule has 0 atom stereocenters. The lowest BCUT2D eigenvalue weighted by atomic mass is 9.72. The van der Waals surface area contributed by atoms with Gasteiger partial charge in [0.05, 0.1) is 11.4 Å². The van der Waals surface area contributed by atoms with Gasteiger partial charge >= 0.3 is 0 Å². The lowest BCUT2D eigenvalue weighted by Crippen LogP contribution is -2.59. The smallest absolute Gasteiger partial charge is 0.238 e. The van der Waals surface area contributed by atoms with Gasteiger partial charge in [-0.1, -0.05) is 54.6 Å². The van der Waals surface area contributed by atoms with Crippen molar-refractivity contribution in [1.82, 2.24) is 14.8 Å². The fourth-order valence-electron chi connectivity index (χ4n) is 5.57. The maximum Gasteiger partial charge on any atom is 0.238 e. The maximum atomic E-state index is 5.85. The predicted molar refractivity (Wildman–Crippen MR) is 134 cm³/mol. The van der Waals surface area contributed by atoms with Gasteiger partial charge < -0.3 is 15.0 Å². The monoisotopic (exact) mass is 440 g/mol. The van der Waals surface area contributed by atoms with E-state index in [0.717, 1.165) is 35.6 Å². The molecule has 2 saturated heterocycles. The van der Waals surface area contributed by atoms with Crippen molar-refractivity contribution in [1.29, 1.82) is 0 Å². The summed E-state index contributed by atoms with van der Waals surface area (Å²) >= 11 is 0. The van der Waals surface area contributed by atoms with E-state index in [-0.39, 0.29) is 0 Å². The first-order valence-electron chi connectivity index (χ1n) is 12.1. The zero-order valence-corrected chi connectivity index (χ0v) is 19.4. The molecular weight excluding hydrogens is 408 g/mol. The SMILES string of the molecule is CN1CCC2(CC1)CN(Cc1ccc(-c3nc4c(cc3-c3ccccc3)NCCO4)cc1)C2. The van der Waals surface area contributed by atoms with Crippen LogP contribution in [0.15, 0.2) is 60.7 Å². The van der Waals surface area contributed by atoms with Crippen LogP contribution in [-0.2, 0) is 6.54 Å². The van der Waals surface area contributed by atoms with Gasteiger partial charge in [-0.25, -0.2) is 4.98 Å². The summed E-state index contributed by atoms with van der Waals surface area (Å²) in [5.41, 5.74) is 7.34. The number of nitrogens with one attached hydrogen (secondary N) is 1. The summed E-state index contributed by atoms with van der Waals surface area (Å²) in [6, 6.07) is 21.7. The van der Waals surface area contributed by atoms with Gasteiger partial charge in [0.2, 0.25) is 5.88 Å². The van der Waals surface area contributed by atoms with Crippen molar-refractivity contribution >= 4 is 5.69 Å². The molecule has 170 valence electrons. The molecule has 1 N–H and O–H groups in total. The van der Waals surface area contributed by atoms with E-state index >= 15 is 0 Å². The number of aromatic nitrogens is 1. The summed E-state index contributed by atoms with van der Waals surface area (Å²) in [4.78, 5) is 10.0. The average molecular weight is 441 g/mol. The lowest BCUT2D eigenvalue weighted by molar-refractivity contribution is -0.0470. The van der Waals surface area contributed by atoms with Gasteiger partial charge in [-0.15, -0.1) is 0 Å². The van der Waals surface area contributed by atoms with Crippen LogP contribution in [0.2, 0.25) is 0 Å². The van der Waals surface area contributed by atoms with Crippen LogP contribution in [0.1, 0.15) is 18.4 Å². The van der Waals surface area contributed by atoms with Crippen molar-refractivity contribution in [3.63, 3.8) is 0 Å². The third-order valence-corrected chi connectivity index (χ3v) is 7.53. The van der Waals surface area contributed by atoms with Crippen LogP contribution in [0, 0.1) is 5.41 Å². The number of ether oxygens (including phenoxy) is 1. The summed E-state index contributed by atoms with van der Waals surface area (Å²) in [6.45, 7) is 7.49. The number of hydrogen-bond donors (Lipinski definition) is 1. The van der Waals surface area contributed by atoms with E-state index in [1.807, 2.05) is 0 Å². The van der Waals surface area contributed by atoms with Crippen LogP contribution in [0.4, 0.5) is 5.69 Å². The van der Waals surface area contributed by atoms with Crippen molar-refractivity contribution in [3.05, 3.63) is 66.2 Å². The van der Waals surface area contributed by atoms with Gasteiger partial charge in [-0.05, 0) is 55.6 Å². The van der Waals surface area contributed by atoms with Gasteiger partial charge in [0.15, 0.2) is 0 Å². The first-order valence-corrected chi connectivity index (χ1v) is 12.1. The molecule has 0 bridgehead atoms. The second-order valence-corrected chi connectivity index (χ2v) is 10.0. The molecule has 33 heavy (non-hydrogen) atoms. The van der Waals surface area contributed by atoms with E-state index in [9.17, 15) is 0 Å². The molecule has 5 nitrogen and oxygen atoms in total. The summed E-state index contributed by atoms with van der Waals surface area (Å²) in [5.74, 6) is 0.698. The fraction of sp³-hybridized carbons (Fsp3) is 0.393. The van der Waals surface area contributed by atoms with Crippen LogP contribution in [0.25, 0.3) is 22.4 Å². The standard InChI is InChI=1S/C28H32N4O/c1-31-14-11-28(12-15-31)19-32(20-28)18-21-7-9-23(10-8-21)26-24(22-5-3-2-4-6-22)17-25-27(30-26)33-16-13-29-25/h2-10,17,29H,11-16,18-20H2,1H3. The molecule has 0 amide bonds. The zero-order valence-electron chi connectivity index (χ0n) is 19.4. The molecule has 1 spiro atoms. The van der Waals surface area contributed by atoms with E-state index in [1.54, 1.807) is 0 Å². The molecule has 3 aliphatic rings. The van der Waals surface area contributed by atoms with Gasteiger partial charge in [-0.3, -0.25) is 4.90 Å². The van der Waals surface area contributed by atoms with Gasteiger partial charge in [-0.2, -0.15) is 0 Å². The molecule has 6 rings (SSSR count). The maximum absolute atomic E-state index is 5.85. The Bertz CT molecular complexity index is 1110. The van der Waals surface area contributed by atoms with E-state index in [1.165, 1.54) is 50.1 Å². The first kappa shape index (κ1) is 20.7. The molecular formula is C28H32N4O. The molecule has 5 heteroatoms. The highest BCUT2D eigenvalue weighted by Gasteiger charge is 2.43. The van der Waals surface area contributed by atoms with E-state index in [4.69, 9.17) is 9.72 Å². The second-order valence-electron chi connectivity index (χ2n) is 10.0. The highest BCUT2D eigenvalue weighted by atomic mass is 16.5. The van der Waals surface area contributed by atoms with E-state index in [2.05, 4.69) is 82.8 Å². The minimum atomic E-state index is 0.581. The number of anilines is 1. The van der Waals surface area contributed by atoms with Crippen molar-refractivity contribution < 1.29 is 4.74 Å². The Hall–Kier alpha value is -2.89. The highest BCUT2D eigenvalue weighted by molar-refractivity contribution is 5.84. The number of likely N-dealkylation sites (tertiary alicyclic amines) is 2. The molecule has 0 unspecified atom stereocenters. The third-order valence-electron chi connectivity index (χ3n) is 7.53. The number of nitrogens with zero attached hydrogens (tertiary/aromatic N) is 3. The Kier molecular flexibility index (Phi) is 5.31. The molecule has 0 saturated carbocycles. The molecule has 4 heterocycles. The quantitative estimate of drug-likeness (QED) is 0.634. The Balaban J connectivity index is 1.22. The van der Waals surface area contributed by atoms with Crippen LogP contribution < -0.4 is 10.1 Å². The van der Waals surface area contributed by atoms with Crippen LogP contribution in [0.5, 0.6) is 5.88 Å². The topological polar surface area (TPSA) is 40.6 Å². The number of piperidine rings is 1. The number of fused-ring (bicyclic) bond motifs is 1. The predicted octanol–water partition coefficient (Wildman–Crippen LogP) is 4.75. The minimum Gasteiger partial charge on any atom is -0.474 e. The van der Waals surface area contributed by atoms with Gasteiger partial charge in [0, 0.05) is 37.3 Å². The lowest BCUT2D eigenvalue weighted by Gasteiger charge is -2.54. The molecule has 1 aromatic heterocycles. The first-order chi connectivity index (χ1) is 16.2. The minimum absolute atomic E-state index is 0.581. The van der Waals surface area contributed by atoms with Crippen molar-refractivity contribution in [2.75, 3.05) is 51.7 Å². The Morgan fingerprint density at radius 3 is 2.48 bits per heavy atom. The zero-order chi connectivity index (χ0) is 22.3. The summed E-state index contributed by atoms with van der Waals surface area (Å²) in [6.07, 6.45) is 2.70. The third kappa shape index (κ3) is 4.11. The van der Waals surface area contributed by atoms with Gasteiger partial charge in [0.25, 0.3) is 0 Å². The van der Waals surface area contributed by atoms with E-state index in [0.29, 0.717) is 17.9 Å². The Morgan fingerprint density at radius 1 is 0.970 bits per heavy atom. The fourth-order valence-corrected chi connectivity index (χ4v) is 5.57. The van der Waals surface area contributed by atoms with Crippen molar-refractivity contribution in [2.45, 2.75) is 19.4 Å². The molecule has 3 aromatic rings. The van der Waals surface area contributed by atoms with Crippen LogP contribution in [-0.4, -0.2) is 61.2 Å². The largest absolute Gasteiger partial charge is 0.474 e. The number of benzene rings is 2. The van der Waals surface area contributed by atoms with Crippen molar-refractivity contribution in [3.8, 4) is 28.3 Å². The summed E-state index contributed by atoms with van der Waals surface area (Å²) < 4.78 is 5.85. The van der Waals surface area contributed by atoms with Gasteiger partial charge in [0.1, 0.15) is 6.61 Å². The Labute approximate surface area is 196 Å². The van der Waals surface area contributed by atoms with Crippen LogP contribution in [0.3, 0.4) is 0 Å². The summed E-state index contributed by atoms with van der Waals surface area (Å²) in [7, 11) is 2.24. The Morgan fingerprint density at radius 2 is 1.73 bits per heavy atom. The van der Waals surface area contributed by atoms with Crippen molar-refractivity contribution in [2.24, 2.45) is 5.41 Å².